The zero-order valence-corrected chi connectivity index (χ0v) is 8.78. The summed E-state index contributed by atoms with van der Waals surface area (Å²) in [4.78, 5) is 21.5. The Balaban J connectivity index is 3.29. The summed E-state index contributed by atoms with van der Waals surface area (Å²) < 4.78 is 1.12. The Morgan fingerprint density at radius 1 is 1.73 bits per heavy atom. The second-order valence-corrected chi connectivity index (χ2v) is 3.56. The number of hydrogen-bond acceptors (Lipinski definition) is 4. The summed E-state index contributed by atoms with van der Waals surface area (Å²) in [5.41, 5.74) is 5.11. The minimum absolute atomic E-state index is 0.00921. The SMILES string of the molecule is Cc1cc(=O)n(CC(N)=S)cc1[N+](=O)[O-]. The number of nitrogens with two attached hydrogens (primary N) is 1. The van der Waals surface area contributed by atoms with Gasteiger partial charge in [0.2, 0.25) is 0 Å². The molecule has 0 amide bonds. The van der Waals surface area contributed by atoms with E-state index in [9.17, 15) is 14.9 Å². The molecule has 1 heterocycles. The average molecular weight is 227 g/mol. The molecule has 2 N–H and O–H groups in total. The molecule has 0 aliphatic heterocycles. The fraction of sp³-hybridized carbons (Fsp3) is 0.250. The highest BCUT2D eigenvalue weighted by Crippen LogP contribution is 2.13. The molecule has 7 heteroatoms. The quantitative estimate of drug-likeness (QED) is 0.457. The van der Waals surface area contributed by atoms with Gasteiger partial charge in [-0.15, -0.1) is 0 Å². The van der Waals surface area contributed by atoms with Crippen molar-refractivity contribution >= 4 is 22.9 Å². The molecule has 15 heavy (non-hydrogen) atoms. The van der Waals surface area contributed by atoms with Crippen LogP contribution in [0.2, 0.25) is 0 Å². The van der Waals surface area contributed by atoms with Gasteiger partial charge < -0.3 is 10.3 Å². The Morgan fingerprint density at radius 2 is 2.33 bits per heavy atom. The molecule has 0 aliphatic carbocycles. The predicted octanol–water partition coefficient (Wildman–Crippen LogP) is 0.351. The number of aryl methyl sites for hydroxylation is 1. The third kappa shape index (κ3) is 2.59. The van der Waals surface area contributed by atoms with Crippen LogP contribution in [-0.4, -0.2) is 14.5 Å². The smallest absolute Gasteiger partial charge is 0.288 e. The van der Waals surface area contributed by atoms with E-state index in [-0.39, 0.29) is 22.8 Å². The summed E-state index contributed by atoms with van der Waals surface area (Å²) >= 11 is 4.63. The highest BCUT2D eigenvalue weighted by molar-refractivity contribution is 7.80. The summed E-state index contributed by atoms with van der Waals surface area (Å²) in [6.07, 6.45) is 1.15. The first-order valence-corrected chi connectivity index (χ1v) is 4.46. The van der Waals surface area contributed by atoms with Gasteiger partial charge in [0.15, 0.2) is 0 Å². The molecule has 0 aromatic carbocycles. The molecular weight excluding hydrogens is 218 g/mol. The first kappa shape index (κ1) is 11.3. The zero-order valence-electron chi connectivity index (χ0n) is 7.97. The molecule has 0 bridgehead atoms. The van der Waals surface area contributed by atoms with Crippen LogP contribution in [0.15, 0.2) is 17.1 Å². The lowest BCUT2D eigenvalue weighted by Crippen LogP contribution is -2.26. The number of hydrogen-bond donors (Lipinski definition) is 1. The van der Waals surface area contributed by atoms with Crippen molar-refractivity contribution in [3.63, 3.8) is 0 Å². The third-order valence-electron chi connectivity index (χ3n) is 1.83. The van der Waals surface area contributed by atoms with E-state index in [1.165, 1.54) is 13.0 Å². The van der Waals surface area contributed by atoms with Gasteiger partial charge in [-0.25, -0.2) is 0 Å². The topological polar surface area (TPSA) is 91.2 Å². The molecule has 0 aliphatic rings. The molecule has 1 aromatic rings. The molecule has 6 nitrogen and oxygen atoms in total. The molecule has 80 valence electrons. The van der Waals surface area contributed by atoms with Crippen molar-refractivity contribution in [1.82, 2.24) is 4.57 Å². The van der Waals surface area contributed by atoms with Crippen molar-refractivity contribution in [2.75, 3.05) is 0 Å². The fourth-order valence-corrected chi connectivity index (χ4v) is 1.28. The lowest BCUT2D eigenvalue weighted by Gasteiger charge is -2.04. The van der Waals surface area contributed by atoms with Gasteiger partial charge >= 0.3 is 0 Å². The van der Waals surface area contributed by atoms with E-state index in [0.717, 1.165) is 10.8 Å². The van der Waals surface area contributed by atoms with Gasteiger partial charge in [0.05, 0.1) is 22.7 Å². The van der Waals surface area contributed by atoms with Crippen molar-refractivity contribution in [2.45, 2.75) is 13.5 Å². The van der Waals surface area contributed by atoms with E-state index < -0.39 is 4.92 Å². The van der Waals surface area contributed by atoms with Gasteiger partial charge in [-0.3, -0.25) is 14.9 Å². The number of nitro groups is 1. The Morgan fingerprint density at radius 3 is 2.80 bits per heavy atom. The maximum atomic E-state index is 11.4. The predicted molar refractivity (Wildman–Crippen MR) is 58.9 cm³/mol. The first-order chi connectivity index (χ1) is 6.91. The number of rotatable bonds is 3. The third-order valence-corrected chi connectivity index (χ3v) is 1.96. The summed E-state index contributed by atoms with van der Waals surface area (Å²) in [6, 6.07) is 1.19. The lowest BCUT2D eigenvalue weighted by atomic mass is 10.2. The standard InChI is InChI=1S/C8H9N3O3S/c1-5-2-8(12)10(4-7(9)15)3-6(5)11(13)14/h2-3H,4H2,1H3,(H2,9,15). The van der Waals surface area contributed by atoms with Crippen LogP contribution in [0.3, 0.4) is 0 Å². The van der Waals surface area contributed by atoms with Crippen molar-refractivity contribution in [3.05, 3.63) is 38.3 Å². The molecule has 1 rings (SSSR count). The van der Waals surface area contributed by atoms with Crippen LogP contribution in [0.5, 0.6) is 0 Å². The Labute approximate surface area is 90.5 Å². The highest BCUT2D eigenvalue weighted by atomic mass is 32.1. The number of pyridine rings is 1. The highest BCUT2D eigenvalue weighted by Gasteiger charge is 2.13. The molecule has 0 atom stereocenters. The fourth-order valence-electron chi connectivity index (χ4n) is 1.14. The molecule has 0 spiro atoms. The molecular formula is C8H9N3O3S. The van der Waals surface area contributed by atoms with E-state index in [2.05, 4.69) is 12.2 Å². The van der Waals surface area contributed by atoms with Crippen LogP contribution >= 0.6 is 12.2 Å². The van der Waals surface area contributed by atoms with E-state index in [1.807, 2.05) is 0 Å². The van der Waals surface area contributed by atoms with E-state index in [0.29, 0.717) is 5.56 Å². The van der Waals surface area contributed by atoms with Gasteiger partial charge in [-0.1, -0.05) is 12.2 Å². The molecule has 0 unspecified atom stereocenters. The van der Waals surface area contributed by atoms with Gasteiger partial charge in [0.1, 0.15) is 0 Å². The molecule has 0 radical (unpaired) electrons. The van der Waals surface area contributed by atoms with Crippen LogP contribution in [0.25, 0.3) is 0 Å². The molecule has 0 fully saturated rings. The average Bonchev–Trinajstić information content (AvgIpc) is 2.08. The van der Waals surface area contributed by atoms with E-state index >= 15 is 0 Å². The summed E-state index contributed by atoms with van der Waals surface area (Å²) in [5, 5.41) is 10.6. The summed E-state index contributed by atoms with van der Waals surface area (Å²) in [6.45, 7) is 1.51. The molecule has 0 saturated heterocycles. The monoisotopic (exact) mass is 227 g/mol. The summed E-state index contributed by atoms with van der Waals surface area (Å²) in [7, 11) is 0. The second-order valence-electron chi connectivity index (χ2n) is 3.03. The van der Waals surface area contributed by atoms with Gasteiger partial charge in [-0.2, -0.15) is 0 Å². The van der Waals surface area contributed by atoms with Gasteiger partial charge in [-0.05, 0) is 6.92 Å². The number of thiocarbonyl (C=S) groups is 1. The number of nitrogens with zero attached hydrogens (tertiary/aromatic N) is 2. The largest absolute Gasteiger partial charge is 0.392 e. The second kappa shape index (κ2) is 4.18. The summed E-state index contributed by atoms with van der Waals surface area (Å²) in [5.74, 6) is 0. The van der Waals surface area contributed by atoms with Crippen LogP contribution in [-0.2, 0) is 6.54 Å². The van der Waals surface area contributed by atoms with E-state index in [4.69, 9.17) is 5.73 Å². The lowest BCUT2D eigenvalue weighted by molar-refractivity contribution is -0.385. The normalized spacial score (nSPS) is 9.93. The van der Waals surface area contributed by atoms with E-state index in [1.54, 1.807) is 0 Å². The van der Waals surface area contributed by atoms with Crippen LogP contribution in [0.1, 0.15) is 5.56 Å². The maximum Gasteiger partial charge on any atom is 0.288 e. The van der Waals surface area contributed by atoms with Crippen LogP contribution in [0, 0.1) is 17.0 Å². The van der Waals surface area contributed by atoms with Crippen molar-refractivity contribution < 1.29 is 4.92 Å². The van der Waals surface area contributed by atoms with Gasteiger partial charge in [0, 0.05) is 11.6 Å². The van der Waals surface area contributed by atoms with Crippen molar-refractivity contribution in [2.24, 2.45) is 5.73 Å². The molecule has 0 saturated carbocycles. The Kier molecular flexibility index (Phi) is 3.15. The van der Waals surface area contributed by atoms with Crippen LogP contribution < -0.4 is 11.3 Å². The minimum atomic E-state index is -0.551. The number of aromatic nitrogens is 1. The van der Waals surface area contributed by atoms with Crippen molar-refractivity contribution in [3.8, 4) is 0 Å². The zero-order chi connectivity index (χ0) is 11.6. The van der Waals surface area contributed by atoms with Crippen molar-refractivity contribution in [1.29, 1.82) is 0 Å². The Bertz CT molecular complexity index is 481. The minimum Gasteiger partial charge on any atom is -0.392 e. The first-order valence-electron chi connectivity index (χ1n) is 4.05. The van der Waals surface area contributed by atoms with Gasteiger partial charge in [0.25, 0.3) is 11.2 Å². The van der Waals surface area contributed by atoms with Crippen LogP contribution in [0.4, 0.5) is 5.69 Å². The Hall–Kier alpha value is -1.76. The molecule has 1 aromatic heterocycles. The maximum absolute atomic E-state index is 11.4.